The summed E-state index contributed by atoms with van der Waals surface area (Å²) in [4.78, 5) is 10.4. The molecule has 0 amide bonds. The summed E-state index contributed by atoms with van der Waals surface area (Å²) in [5.74, 6) is 2.82. The number of likely N-dealkylation sites (tertiary alicyclic amines) is 4. The van der Waals surface area contributed by atoms with Crippen LogP contribution in [-0.4, -0.2) is 158 Å². The van der Waals surface area contributed by atoms with Gasteiger partial charge in [0, 0.05) is 71.5 Å². The van der Waals surface area contributed by atoms with Gasteiger partial charge >= 0.3 is 0 Å². The van der Waals surface area contributed by atoms with E-state index < -0.39 is 0 Å². The number of piperidine rings is 2. The van der Waals surface area contributed by atoms with Crippen LogP contribution in [0, 0.1) is 32.5 Å². The lowest BCUT2D eigenvalue weighted by atomic mass is 9.75. The third-order valence-corrected chi connectivity index (χ3v) is 17.5. The Morgan fingerprint density at radius 1 is 0.397 bits per heavy atom. The maximum atomic E-state index is 5.54. The van der Waals surface area contributed by atoms with Gasteiger partial charge in [0.15, 0.2) is 0 Å². The smallest absolute Gasteiger partial charge is 0.0569 e. The molecule has 5 spiro atoms. The topological polar surface area (TPSA) is 52.7 Å². The van der Waals surface area contributed by atoms with Crippen LogP contribution in [0.4, 0.5) is 0 Å². The van der Waals surface area contributed by atoms with E-state index in [9.17, 15) is 0 Å². The highest BCUT2D eigenvalue weighted by molar-refractivity contribution is 7.99. The Morgan fingerprint density at radius 2 is 0.810 bits per heavy atom. The van der Waals surface area contributed by atoms with Crippen molar-refractivity contribution in [2.45, 2.75) is 197 Å². The number of hydrogen-bond donors (Lipinski definition) is 1. The van der Waals surface area contributed by atoms with Gasteiger partial charge in [0.05, 0.1) is 33.0 Å². The van der Waals surface area contributed by atoms with E-state index in [1.165, 1.54) is 141 Å². The Labute approximate surface area is 395 Å². The van der Waals surface area contributed by atoms with Crippen LogP contribution in [0.2, 0.25) is 0 Å². The second-order valence-electron chi connectivity index (χ2n) is 28.2. The molecule has 9 aliphatic heterocycles. The van der Waals surface area contributed by atoms with Gasteiger partial charge in [0.25, 0.3) is 0 Å². The van der Waals surface area contributed by atoms with Gasteiger partial charge in [-0.1, -0.05) is 27.7 Å². The zero-order valence-corrected chi connectivity index (χ0v) is 45.5. The summed E-state index contributed by atoms with van der Waals surface area (Å²) in [6.45, 7) is 55.3. The Balaban J connectivity index is 0.000000146. The number of nitrogens with zero attached hydrogens (tertiary/aromatic N) is 4. The van der Waals surface area contributed by atoms with E-state index in [1.54, 1.807) is 0 Å². The molecule has 8 nitrogen and oxygen atoms in total. The molecule has 1 unspecified atom stereocenters. The molecule has 1 atom stereocenters. The first kappa shape index (κ1) is 54.0. The van der Waals surface area contributed by atoms with Crippen molar-refractivity contribution in [3.05, 3.63) is 0 Å². The monoisotopic (exact) mass is 904 g/mol. The number of hydrogen-bond acceptors (Lipinski definition) is 9. The van der Waals surface area contributed by atoms with Crippen molar-refractivity contribution in [1.29, 1.82) is 0 Å². The van der Waals surface area contributed by atoms with Gasteiger partial charge in [-0.05, 0) is 214 Å². The molecule has 0 aromatic carbocycles. The highest BCUT2D eigenvalue weighted by Crippen LogP contribution is 2.50. The normalized spacial score (nSPS) is 29.7. The van der Waals surface area contributed by atoms with E-state index >= 15 is 0 Å². The summed E-state index contributed by atoms with van der Waals surface area (Å²) in [6.07, 6.45) is 14.0. The van der Waals surface area contributed by atoms with Crippen molar-refractivity contribution >= 4 is 11.8 Å². The van der Waals surface area contributed by atoms with Gasteiger partial charge in [-0.25, -0.2) is 0 Å². The predicted octanol–water partition coefficient (Wildman–Crippen LogP) is 10.7. The minimum absolute atomic E-state index is 0.348. The highest BCUT2D eigenvalue weighted by atomic mass is 32.2. The van der Waals surface area contributed by atoms with Crippen molar-refractivity contribution < 1.29 is 14.2 Å². The van der Waals surface area contributed by atoms with E-state index in [2.05, 4.69) is 147 Å². The lowest BCUT2D eigenvalue weighted by Gasteiger charge is -2.59. The van der Waals surface area contributed by atoms with Gasteiger partial charge in [-0.2, -0.15) is 11.8 Å². The average Bonchev–Trinajstić information content (AvgIpc) is 3.61. The molecule has 370 valence electrons. The van der Waals surface area contributed by atoms with Crippen LogP contribution in [0.25, 0.3) is 0 Å². The Kier molecular flexibility index (Phi) is 17.9. The van der Waals surface area contributed by atoms with Crippen LogP contribution >= 0.6 is 11.8 Å². The number of thioether (sulfide) groups is 1. The van der Waals surface area contributed by atoms with Crippen LogP contribution in [-0.2, 0) is 14.2 Å². The summed E-state index contributed by atoms with van der Waals surface area (Å²) in [5, 5.41) is 3.38. The SMILES string of the molecule is C1CC2(CC2)CN1.CC(C)(C)C.CC(C)(C)N1CC2(COC2)C1.CC(C)(C)N1CCC2(CC1)COC2.CC(C)(C)N1CCC2(CCOC2)CC1.CC(C)(C)N1CCC2(CCSC2)C1. The van der Waals surface area contributed by atoms with Gasteiger partial charge in [0.2, 0.25) is 0 Å². The molecule has 1 N–H and O–H groups in total. The van der Waals surface area contributed by atoms with Crippen molar-refractivity contribution in [2.75, 3.05) is 117 Å². The van der Waals surface area contributed by atoms with E-state index in [1.807, 2.05) is 0 Å². The standard InChI is InChI=1S/C12H23NO.C11H21NO.C11H21NS.C9H17NO.C6H11N.C5H12/c1-11(2,3)13-7-4-12(5-8-13)6-9-14-10-12;1-10(2,3)12-6-4-11(5-7-12)8-13-9-11;1-10(2,3)12-6-4-11(8-12)5-7-13-9-11;1-8(2,3)10-4-9(5-10)6-11-7-9;1-2-6(1)3-4-7-5-6;1-5(2,3)4/h4-10H2,1-3H3;2*4-9H2,1-3H3;4-7H2,1-3H3;7H,1-5H2;1-4H3. The van der Waals surface area contributed by atoms with Crippen molar-refractivity contribution in [1.82, 2.24) is 24.9 Å². The molecule has 9 heteroatoms. The maximum absolute atomic E-state index is 5.54. The summed E-state index contributed by atoms with van der Waals surface area (Å²) >= 11 is 2.16. The third kappa shape index (κ3) is 16.3. The zero-order valence-electron chi connectivity index (χ0n) is 44.7. The number of ether oxygens (including phenoxy) is 3. The van der Waals surface area contributed by atoms with E-state index in [-0.39, 0.29) is 0 Å². The molecular weight excluding hydrogens is 799 g/mol. The summed E-state index contributed by atoms with van der Waals surface area (Å²) in [6, 6.07) is 0. The second-order valence-corrected chi connectivity index (χ2v) is 29.3. The van der Waals surface area contributed by atoms with E-state index in [0.717, 1.165) is 45.1 Å². The fraction of sp³-hybridized carbons (Fsp3) is 1.00. The first-order valence-electron chi connectivity index (χ1n) is 26.0. The largest absolute Gasteiger partial charge is 0.381 e. The van der Waals surface area contributed by atoms with Crippen molar-refractivity contribution in [3.63, 3.8) is 0 Å². The van der Waals surface area contributed by atoms with Crippen molar-refractivity contribution in [2.24, 2.45) is 32.5 Å². The molecule has 10 fully saturated rings. The quantitative estimate of drug-likeness (QED) is 0.256. The highest BCUT2D eigenvalue weighted by Gasteiger charge is 2.52. The molecule has 10 rings (SSSR count). The van der Waals surface area contributed by atoms with Crippen LogP contribution in [0.15, 0.2) is 0 Å². The second kappa shape index (κ2) is 20.9. The Hall–Kier alpha value is 0.0300. The molecule has 0 bridgehead atoms. The predicted molar refractivity (Wildman–Crippen MR) is 271 cm³/mol. The lowest BCUT2D eigenvalue weighted by Crippen LogP contribution is -2.69. The Bertz CT molecular complexity index is 1340. The van der Waals surface area contributed by atoms with Crippen molar-refractivity contribution in [3.8, 4) is 0 Å². The van der Waals surface area contributed by atoms with Gasteiger partial charge in [-0.3, -0.25) is 19.6 Å². The molecular formula is C54H105N5O3S. The molecule has 1 aliphatic carbocycles. The average molecular weight is 905 g/mol. The van der Waals surface area contributed by atoms with Crippen LogP contribution in [0.1, 0.15) is 175 Å². The fourth-order valence-electron chi connectivity index (χ4n) is 10.7. The first-order chi connectivity index (χ1) is 29.0. The first-order valence-corrected chi connectivity index (χ1v) is 27.2. The Morgan fingerprint density at radius 3 is 1.11 bits per heavy atom. The molecule has 0 aromatic rings. The van der Waals surface area contributed by atoms with Crippen LogP contribution < -0.4 is 5.32 Å². The minimum Gasteiger partial charge on any atom is -0.381 e. The molecule has 1 saturated carbocycles. The molecule has 10 aliphatic rings. The van der Waals surface area contributed by atoms with Crippen LogP contribution in [0.3, 0.4) is 0 Å². The molecule has 0 radical (unpaired) electrons. The van der Waals surface area contributed by atoms with Gasteiger partial charge in [0.1, 0.15) is 0 Å². The molecule has 0 aromatic heterocycles. The zero-order chi connectivity index (χ0) is 46.6. The number of rotatable bonds is 0. The minimum atomic E-state index is 0.348. The van der Waals surface area contributed by atoms with E-state index in [4.69, 9.17) is 14.2 Å². The summed E-state index contributed by atoms with van der Waals surface area (Å²) < 4.78 is 16.1. The number of nitrogens with one attached hydrogen (secondary N) is 1. The van der Waals surface area contributed by atoms with Crippen LogP contribution in [0.5, 0.6) is 0 Å². The third-order valence-electron chi connectivity index (χ3n) is 16.2. The summed E-state index contributed by atoms with van der Waals surface area (Å²) in [7, 11) is 0. The maximum Gasteiger partial charge on any atom is 0.0569 e. The van der Waals surface area contributed by atoms with Gasteiger partial charge < -0.3 is 19.5 Å². The molecule has 63 heavy (non-hydrogen) atoms. The summed E-state index contributed by atoms with van der Waals surface area (Å²) in [5.41, 5.74) is 5.21. The molecule has 9 saturated heterocycles. The molecule has 9 heterocycles. The fourth-order valence-corrected chi connectivity index (χ4v) is 12.3. The lowest BCUT2D eigenvalue weighted by molar-refractivity contribution is -0.207. The van der Waals surface area contributed by atoms with E-state index in [0.29, 0.717) is 49.2 Å². The van der Waals surface area contributed by atoms with Gasteiger partial charge in [-0.15, -0.1) is 0 Å².